The van der Waals surface area contributed by atoms with E-state index in [4.69, 9.17) is 9.72 Å². The molecule has 1 saturated heterocycles. The second-order valence-electron chi connectivity index (χ2n) is 10.1. The Kier molecular flexibility index (Phi) is 7.28. The number of nitrogens with zero attached hydrogens (tertiary/aromatic N) is 4. The second-order valence-corrected chi connectivity index (χ2v) is 10.1. The zero-order valence-corrected chi connectivity index (χ0v) is 22.3. The molecule has 0 spiro atoms. The van der Waals surface area contributed by atoms with Crippen LogP contribution in [0.4, 0.5) is 0 Å². The highest BCUT2D eigenvalue weighted by molar-refractivity contribution is 5.78. The number of aromatic nitrogens is 2. The first kappa shape index (κ1) is 25.0. The average Bonchev–Trinajstić information content (AvgIpc) is 3.27. The van der Waals surface area contributed by atoms with Crippen LogP contribution in [0.3, 0.4) is 0 Å². The number of benzene rings is 2. The third kappa shape index (κ3) is 5.39. The monoisotopic (exact) mass is 496 g/mol. The van der Waals surface area contributed by atoms with E-state index in [0.717, 1.165) is 66.5 Å². The van der Waals surface area contributed by atoms with Crippen LogP contribution in [0, 0.1) is 12.8 Å². The van der Waals surface area contributed by atoms with E-state index >= 15 is 0 Å². The number of hydrogen-bond donors (Lipinski definition) is 0. The van der Waals surface area contributed by atoms with Gasteiger partial charge in [0, 0.05) is 50.4 Å². The van der Waals surface area contributed by atoms with Gasteiger partial charge in [0.15, 0.2) is 0 Å². The molecule has 192 valence electrons. The summed E-state index contributed by atoms with van der Waals surface area (Å²) < 4.78 is 7.98. The first-order valence-electron chi connectivity index (χ1n) is 13.3. The molecule has 0 radical (unpaired) electrons. The molecule has 0 unspecified atom stereocenters. The summed E-state index contributed by atoms with van der Waals surface area (Å²) in [6.45, 7) is 12.7. The lowest BCUT2D eigenvalue weighted by Gasteiger charge is -2.35. The molecule has 0 saturated carbocycles. The lowest BCUT2D eigenvalue weighted by Crippen LogP contribution is -2.49. The minimum Gasteiger partial charge on any atom is -0.494 e. The van der Waals surface area contributed by atoms with Gasteiger partial charge in [-0.2, -0.15) is 0 Å². The molecule has 0 atom stereocenters. The van der Waals surface area contributed by atoms with E-state index in [2.05, 4.69) is 71.0 Å². The molecular formula is C31H36N4O2. The number of carbonyl (C=O) groups excluding carboxylic acids is 1. The molecule has 5 rings (SSSR count). The first-order chi connectivity index (χ1) is 17.9. The van der Waals surface area contributed by atoms with Crippen molar-refractivity contribution < 1.29 is 9.53 Å². The van der Waals surface area contributed by atoms with Crippen LogP contribution in [0.2, 0.25) is 0 Å². The summed E-state index contributed by atoms with van der Waals surface area (Å²) >= 11 is 0. The van der Waals surface area contributed by atoms with Crippen molar-refractivity contribution in [1.82, 2.24) is 19.2 Å². The van der Waals surface area contributed by atoms with Crippen molar-refractivity contribution >= 4 is 11.6 Å². The van der Waals surface area contributed by atoms with Gasteiger partial charge in [-0.15, -0.1) is 0 Å². The molecule has 0 N–H and O–H groups in total. The van der Waals surface area contributed by atoms with Gasteiger partial charge in [0.05, 0.1) is 18.0 Å². The fourth-order valence-corrected chi connectivity index (χ4v) is 4.99. The number of carbonyl (C=O) groups is 1. The standard InChI is InChI=1S/C31H36N4O2/c1-5-37-27-8-6-7-25(19-27)26-13-14-29-32-30(24-11-9-23(4)10-12-24)28(35(29)20-26)21-33-15-17-34(18-16-33)31(36)22(2)3/h6-14,19-20,22H,5,15-18,21H2,1-4H3. The highest BCUT2D eigenvalue weighted by Gasteiger charge is 2.25. The van der Waals surface area contributed by atoms with Crippen LogP contribution in [0.15, 0.2) is 66.9 Å². The number of fused-ring (bicyclic) bond motifs is 1. The Balaban J connectivity index is 1.51. The number of imidazole rings is 1. The number of rotatable bonds is 7. The predicted octanol–water partition coefficient (Wildman–Crippen LogP) is 5.68. The molecule has 0 aliphatic carbocycles. The lowest BCUT2D eigenvalue weighted by molar-refractivity contribution is -0.136. The van der Waals surface area contributed by atoms with Crippen LogP contribution >= 0.6 is 0 Å². The van der Waals surface area contributed by atoms with Crippen LogP contribution in [-0.2, 0) is 11.3 Å². The summed E-state index contributed by atoms with van der Waals surface area (Å²) in [6.07, 6.45) is 2.19. The van der Waals surface area contributed by atoms with Gasteiger partial charge in [-0.3, -0.25) is 9.69 Å². The molecule has 6 nitrogen and oxygen atoms in total. The molecule has 3 heterocycles. The molecular weight excluding hydrogens is 460 g/mol. The van der Waals surface area contributed by atoms with Crippen molar-refractivity contribution in [3.8, 4) is 28.1 Å². The van der Waals surface area contributed by atoms with E-state index in [9.17, 15) is 4.79 Å². The Hall–Kier alpha value is -3.64. The Labute approximate surface area is 219 Å². The number of piperazine rings is 1. The maximum absolute atomic E-state index is 12.5. The molecule has 4 aromatic rings. The topological polar surface area (TPSA) is 50.1 Å². The summed E-state index contributed by atoms with van der Waals surface area (Å²) in [5.74, 6) is 1.16. The number of pyridine rings is 1. The van der Waals surface area contributed by atoms with Crippen molar-refractivity contribution in [2.75, 3.05) is 32.8 Å². The first-order valence-corrected chi connectivity index (χ1v) is 13.3. The summed E-state index contributed by atoms with van der Waals surface area (Å²) in [6, 6.07) is 21.1. The Morgan fingerprint density at radius 1 is 0.946 bits per heavy atom. The largest absolute Gasteiger partial charge is 0.494 e. The van der Waals surface area contributed by atoms with Crippen LogP contribution in [-0.4, -0.2) is 57.9 Å². The van der Waals surface area contributed by atoms with Gasteiger partial charge in [0.25, 0.3) is 0 Å². The highest BCUT2D eigenvalue weighted by atomic mass is 16.5. The maximum atomic E-state index is 12.5. The Bertz CT molecular complexity index is 1380. The van der Waals surface area contributed by atoms with Crippen LogP contribution in [0.5, 0.6) is 5.75 Å². The fraction of sp³-hybridized carbons (Fsp3) is 0.355. The van der Waals surface area contributed by atoms with E-state index in [1.807, 2.05) is 37.8 Å². The van der Waals surface area contributed by atoms with Crippen LogP contribution < -0.4 is 4.74 Å². The van der Waals surface area contributed by atoms with E-state index in [1.165, 1.54) is 11.3 Å². The van der Waals surface area contributed by atoms with Gasteiger partial charge >= 0.3 is 0 Å². The molecule has 2 aromatic carbocycles. The number of ether oxygens (including phenoxy) is 1. The molecule has 1 fully saturated rings. The van der Waals surface area contributed by atoms with E-state index in [1.54, 1.807) is 0 Å². The van der Waals surface area contributed by atoms with Crippen molar-refractivity contribution in [1.29, 1.82) is 0 Å². The summed E-state index contributed by atoms with van der Waals surface area (Å²) in [5, 5.41) is 0. The summed E-state index contributed by atoms with van der Waals surface area (Å²) in [4.78, 5) is 22.0. The summed E-state index contributed by atoms with van der Waals surface area (Å²) in [7, 11) is 0. The molecule has 37 heavy (non-hydrogen) atoms. The van der Waals surface area contributed by atoms with Crippen molar-refractivity contribution in [3.63, 3.8) is 0 Å². The zero-order chi connectivity index (χ0) is 25.9. The SMILES string of the molecule is CCOc1cccc(-c2ccc3nc(-c4ccc(C)cc4)c(CN4CCN(C(=O)C(C)C)CC4)n3c2)c1. The molecule has 6 heteroatoms. The minimum atomic E-state index is 0.0399. The van der Waals surface area contributed by atoms with Crippen molar-refractivity contribution in [2.45, 2.75) is 34.2 Å². The van der Waals surface area contributed by atoms with E-state index in [0.29, 0.717) is 6.61 Å². The third-order valence-corrected chi connectivity index (χ3v) is 7.07. The van der Waals surface area contributed by atoms with Gasteiger partial charge in [-0.05, 0) is 49.2 Å². The van der Waals surface area contributed by atoms with Gasteiger partial charge in [-0.1, -0.05) is 55.8 Å². The number of amides is 1. The number of aryl methyl sites for hydroxylation is 1. The maximum Gasteiger partial charge on any atom is 0.225 e. The lowest BCUT2D eigenvalue weighted by atomic mass is 10.1. The second kappa shape index (κ2) is 10.8. The quantitative estimate of drug-likeness (QED) is 0.331. The van der Waals surface area contributed by atoms with E-state index in [-0.39, 0.29) is 11.8 Å². The molecule has 1 amide bonds. The minimum absolute atomic E-state index is 0.0399. The van der Waals surface area contributed by atoms with Gasteiger partial charge in [-0.25, -0.2) is 4.98 Å². The molecule has 2 aromatic heterocycles. The molecule has 0 bridgehead atoms. The summed E-state index contributed by atoms with van der Waals surface area (Å²) in [5.41, 5.74) is 7.71. The highest BCUT2D eigenvalue weighted by Crippen LogP contribution is 2.30. The fourth-order valence-electron chi connectivity index (χ4n) is 4.99. The van der Waals surface area contributed by atoms with E-state index < -0.39 is 0 Å². The van der Waals surface area contributed by atoms with Gasteiger partial charge in [0.2, 0.25) is 5.91 Å². The van der Waals surface area contributed by atoms with Crippen LogP contribution in [0.25, 0.3) is 28.0 Å². The van der Waals surface area contributed by atoms with Gasteiger partial charge in [0.1, 0.15) is 11.4 Å². The average molecular weight is 497 g/mol. The van der Waals surface area contributed by atoms with Crippen molar-refractivity contribution in [3.05, 3.63) is 78.1 Å². The normalized spacial score (nSPS) is 14.5. The Morgan fingerprint density at radius 2 is 1.68 bits per heavy atom. The molecule has 1 aliphatic rings. The molecule has 1 aliphatic heterocycles. The van der Waals surface area contributed by atoms with Crippen LogP contribution in [0.1, 0.15) is 32.0 Å². The smallest absolute Gasteiger partial charge is 0.225 e. The zero-order valence-electron chi connectivity index (χ0n) is 22.3. The van der Waals surface area contributed by atoms with Gasteiger partial charge < -0.3 is 14.0 Å². The number of hydrogen-bond acceptors (Lipinski definition) is 4. The third-order valence-electron chi connectivity index (χ3n) is 7.07. The predicted molar refractivity (Wildman–Crippen MR) is 149 cm³/mol. The Morgan fingerprint density at radius 3 is 2.38 bits per heavy atom. The van der Waals surface area contributed by atoms with Crippen molar-refractivity contribution in [2.24, 2.45) is 5.92 Å².